The molecule has 3 rings (SSSR count). The van der Waals surface area contributed by atoms with Gasteiger partial charge in [-0.25, -0.2) is 0 Å². The summed E-state index contributed by atoms with van der Waals surface area (Å²) in [6, 6.07) is 10.8. The molecule has 1 aromatic carbocycles. The van der Waals surface area contributed by atoms with Gasteiger partial charge in [0.1, 0.15) is 0 Å². The summed E-state index contributed by atoms with van der Waals surface area (Å²) in [5.74, 6) is 0.0817. The van der Waals surface area contributed by atoms with Gasteiger partial charge in [-0.05, 0) is 43.9 Å². The van der Waals surface area contributed by atoms with Gasteiger partial charge in [-0.1, -0.05) is 32.0 Å². The van der Waals surface area contributed by atoms with Crippen molar-refractivity contribution in [2.24, 2.45) is 0 Å². The van der Waals surface area contributed by atoms with E-state index in [9.17, 15) is 4.79 Å². The zero-order valence-corrected chi connectivity index (χ0v) is 15.4. The molecule has 1 unspecified atom stereocenters. The molecule has 1 aliphatic heterocycles. The summed E-state index contributed by atoms with van der Waals surface area (Å²) in [4.78, 5) is 21.5. The van der Waals surface area contributed by atoms with Crippen LogP contribution in [0.5, 0.6) is 0 Å². The van der Waals surface area contributed by atoms with Gasteiger partial charge in [0.15, 0.2) is 0 Å². The van der Waals surface area contributed by atoms with Crippen molar-refractivity contribution in [3.05, 3.63) is 53.9 Å². The van der Waals surface area contributed by atoms with Gasteiger partial charge in [0.2, 0.25) is 0 Å². The highest BCUT2D eigenvalue weighted by atomic mass is 16.2. The first kappa shape index (κ1) is 17.5. The number of amides is 1. The Balaban J connectivity index is 1.90. The standard InChI is InChI=1S/C21H27N3O/c1-4-10-23(11-5-2)21(25)18-13-19(15-22-14-18)24-16(3)12-17-8-6-7-9-20(17)24/h6-9,13-16H,4-5,10-12H2,1-3H3. The highest BCUT2D eigenvalue weighted by Gasteiger charge is 2.27. The molecule has 2 heterocycles. The van der Waals surface area contributed by atoms with Crippen LogP contribution in [0.1, 0.15) is 49.5 Å². The summed E-state index contributed by atoms with van der Waals surface area (Å²) >= 11 is 0. The number of hydrogen-bond acceptors (Lipinski definition) is 3. The molecule has 1 aliphatic rings. The Hall–Kier alpha value is -2.36. The second kappa shape index (κ2) is 7.68. The number of benzene rings is 1. The summed E-state index contributed by atoms with van der Waals surface area (Å²) in [5.41, 5.74) is 4.25. The summed E-state index contributed by atoms with van der Waals surface area (Å²) < 4.78 is 0. The van der Waals surface area contributed by atoms with E-state index in [4.69, 9.17) is 0 Å². The van der Waals surface area contributed by atoms with Gasteiger partial charge in [0, 0.05) is 31.0 Å². The normalized spacial score (nSPS) is 16.0. The van der Waals surface area contributed by atoms with E-state index in [2.05, 4.69) is 54.9 Å². The van der Waals surface area contributed by atoms with Crippen molar-refractivity contribution in [1.29, 1.82) is 0 Å². The molecule has 0 fully saturated rings. The lowest BCUT2D eigenvalue weighted by Crippen LogP contribution is -2.33. The number of fused-ring (bicyclic) bond motifs is 1. The van der Waals surface area contributed by atoms with Gasteiger partial charge in [-0.15, -0.1) is 0 Å². The van der Waals surface area contributed by atoms with Crippen molar-refractivity contribution in [2.45, 2.75) is 46.1 Å². The number of rotatable bonds is 6. The molecule has 0 aliphatic carbocycles. The quantitative estimate of drug-likeness (QED) is 0.782. The van der Waals surface area contributed by atoms with Crippen LogP contribution in [0.3, 0.4) is 0 Å². The molecule has 0 saturated heterocycles. The Labute approximate surface area is 150 Å². The summed E-state index contributed by atoms with van der Waals surface area (Å²) in [6.45, 7) is 8.01. The molecule has 1 amide bonds. The first-order valence-electron chi connectivity index (χ1n) is 9.27. The molecule has 4 nitrogen and oxygen atoms in total. The third-order valence-corrected chi connectivity index (χ3v) is 4.73. The van der Waals surface area contributed by atoms with Crippen LogP contribution in [0.4, 0.5) is 11.4 Å². The number of carbonyl (C=O) groups is 1. The van der Waals surface area contributed by atoms with Crippen molar-refractivity contribution in [3.63, 3.8) is 0 Å². The first-order valence-corrected chi connectivity index (χ1v) is 9.27. The molecule has 0 spiro atoms. The second-order valence-corrected chi connectivity index (χ2v) is 6.78. The van der Waals surface area contributed by atoms with E-state index in [0.717, 1.165) is 38.0 Å². The van der Waals surface area contributed by atoms with Crippen LogP contribution in [0.15, 0.2) is 42.7 Å². The topological polar surface area (TPSA) is 36.4 Å². The Morgan fingerprint density at radius 3 is 2.64 bits per heavy atom. The maximum atomic E-state index is 12.9. The fraction of sp³-hybridized carbons (Fsp3) is 0.429. The van der Waals surface area contributed by atoms with Crippen LogP contribution in [0.25, 0.3) is 0 Å². The number of nitrogens with zero attached hydrogens (tertiary/aromatic N) is 3. The zero-order chi connectivity index (χ0) is 17.8. The smallest absolute Gasteiger partial charge is 0.255 e. The predicted octanol–water partition coefficient (Wildman–Crippen LogP) is 4.43. The van der Waals surface area contributed by atoms with Crippen molar-refractivity contribution in [2.75, 3.05) is 18.0 Å². The van der Waals surface area contributed by atoms with Crippen LogP contribution < -0.4 is 4.90 Å². The van der Waals surface area contributed by atoms with Gasteiger partial charge in [-0.3, -0.25) is 9.78 Å². The molecule has 0 radical (unpaired) electrons. The third kappa shape index (κ3) is 3.53. The highest BCUT2D eigenvalue weighted by Crippen LogP contribution is 2.37. The van der Waals surface area contributed by atoms with E-state index in [1.807, 2.05) is 17.2 Å². The number of hydrogen-bond donors (Lipinski definition) is 0. The minimum atomic E-state index is 0.0817. The number of para-hydroxylation sites is 1. The SMILES string of the molecule is CCCN(CCC)C(=O)c1cncc(N2c3ccccc3CC2C)c1. The average molecular weight is 337 g/mol. The van der Waals surface area contributed by atoms with E-state index in [0.29, 0.717) is 11.6 Å². The molecule has 0 saturated carbocycles. The lowest BCUT2D eigenvalue weighted by Gasteiger charge is -2.26. The maximum Gasteiger partial charge on any atom is 0.255 e. The third-order valence-electron chi connectivity index (χ3n) is 4.73. The van der Waals surface area contributed by atoms with Crippen LogP contribution in [-0.4, -0.2) is 34.9 Å². The molecule has 0 N–H and O–H groups in total. The largest absolute Gasteiger partial charge is 0.339 e. The second-order valence-electron chi connectivity index (χ2n) is 6.78. The van der Waals surface area contributed by atoms with Crippen LogP contribution in [0.2, 0.25) is 0 Å². The molecular weight excluding hydrogens is 310 g/mol. The van der Waals surface area contributed by atoms with Crippen LogP contribution in [0, 0.1) is 0 Å². The van der Waals surface area contributed by atoms with Crippen molar-refractivity contribution < 1.29 is 4.79 Å². The fourth-order valence-electron chi connectivity index (χ4n) is 3.67. The number of anilines is 2. The summed E-state index contributed by atoms with van der Waals surface area (Å²) in [7, 11) is 0. The molecule has 4 heteroatoms. The Kier molecular flexibility index (Phi) is 5.37. The van der Waals surface area contributed by atoms with Gasteiger partial charge in [0.25, 0.3) is 5.91 Å². The molecule has 2 aromatic rings. The lowest BCUT2D eigenvalue weighted by atomic mass is 10.1. The van der Waals surface area contributed by atoms with Crippen molar-refractivity contribution in [1.82, 2.24) is 9.88 Å². The predicted molar refractivity (Wildman–Crippen MR) is 102 cm³/mol. The van der Waals surface area contributed by atoms with Gasteiger partial charge in [-0.2, -0.15) is 0 Å². The monoisotopic (exact) mass is 337 g/mol. The summed E-state index contributed by atoms with van der Waals surface area (Å²) in [6.07, 6.45) is 6.51. The molecule has 25 heavy (non-hydrogen) atoms. The summed E-state index contributed by atoms with van der Waals surface area (Å²) in [5, 5.41) is 0. The van der Waals surface area contributed by atoms with Crippen molar-refractivity contribution >= 4 is 17.3 Å². The highest BCUT2D eigenvalue weighted by molar-refractivity contribution is 5.95. The minimum Gasteiger partial charge on any atom is -0.339 e. The van der Waals surface area contributed by atoms with Crippen LogP contribution in [-0.2, 0) is 6.42 Å². The number of aromatic nitrogens is 1. The van der Waals surface area contributed by atoms with Gasteiger partial charge < -0.3 is 9.80 Å². The average Bonchev–Trinajstić information content (AvgIpc) is 2.96. The van der Waals surface area contributed by atoms with Crippen LogP contribution >= 0.6 is 0 Å². The van der Waals surface area contributed by atoms with Crippen molar-refractivity contribution in [3.8, 4) is 0 Å². The Morgan fingerprint density at radius 1 is 1.20 bits per heavy atom. The minimum absolute atomic E-state index is 0.0817. The Bertz CT molecular complexity index is 737. The molecule has 1 aromatic heterocycles. The Morgan fingerprint density at radius 2 is 1.92 bits per heavy atom. The van der Waals surface area contributed by atoms with E-state index >= 15 is 0 Å². The fourth-order valence-corrected chi connectivity index (χ4v) is 3.67. The number of pyridine rings is 1. The van der Waals surface area contributed by atoms with E-state index in [1.165, 1.54) is 11.3 Å². The molecule has 1 atom stereocenters. The maximum absolute atomic E-state index is 12.9. The van der Waals surface area contributed by atoms with Gasteiger partial charge >= 0.3 is 0 Å². The number of carbonyl (C=O) groups excluding carboxylic acids is 1. The zero-order valence-electron chi connectivity index (χ0n) is 15.4. The van der Waals surface area contributed by atoms with E-state index in [1.54, 1.807) is 6.20 Å². The molecule has 132 valence electrons. The molecular formula is C21H27N3O. The van der Waals surface area contributed by atoms with E-state index < -0.39 is 0 Å². The molecule has 0 bridgehead atoms. The first-order chi connectivity index (χ1) is 12.2. The van der Waals surface area contributed by atoms with Gasteiger partial charge in [0.05, 0.1) is 17.4 Å². The lowest BCUT2D eigenvalue weighted by molar-refractivity contribution is 0.0755. The van der Waals surface area contributed by atoms with E-state index in [-0.39, 0.29) is 5.91 Å².